The molecular weight excluding hydrogens is 268 g/mol. The van der Waals surface area contributed by atoms with E-state index in [4.69, 9.17) is 0 Å². The van der Waals surface area contributed by atoms with E-state index < -0.39 is 0 Å². The van der Waals surface area contributed by atoms with E-state index in [1.807, 2.05) is 25.1 Å². The van der Waals surface area contributed by atoms with Crippen LogP contribution in [-0.2, 0) is 4.79 Å². The van der Waals surface area contributed by atoms with Crippen LogP contribution in [0.25, 0.3) is 5.69 Å². The highest BCUT2D eigenvalue weighted by atomic mass is 16.1. The first-order chi connectivity index (χ1) is 10.2. The number of rotatable bonds is 6. The summed E-state index contributed by atoms with van der Waals surface area (Å²) in [7, 11) is 0. The van der Waals surface area contributed by atoms with Gasteiger partial charge in [-0.25, -0.2) is 4.68 Å². The summed E-state index contributed by atoms with van der Waals surface area (Å²) in [4.78, 5) is 12.0. The quantitative estimate of drug-likeness (QED) is 0.829. The number of tetrazole rings is 1. The number of hydrogen-bond donors (Lipinski definition) is 2. The van der Waals surface area contributed by atoms with Gasteiger partial charge in [-0.15, -0.1) is 5.10 Å². The van der Waals surface area contributed by atoms with E-state index in [1.165, 1.54) is 19.2 Å². The van der Waals surface area contributed by atoms with Crippen LogP contribution in [0.2, 0.25) is 0 Å². The lowest BCUT2D eigenvalue weighted by atomic mass is 10.1. The fourth-order valence-electron chi connectivity index (χ4n) is 2.06. The number of aromatic nitrogens is 4. The van der Waals surface area contributed by atoms with E-state index >= 15 is 0 Å². The molecule has 2 N–H and O–H groups in total. The minimum Gasteiger partial charge on any atom is -0.326 e. The molecule has 1 heterocycles. The van der Waals surface area contributed by atoms with E-state index in [-0.39, 0.29) is 5.91 Å². The van der Waals surface area contributed by atoms with E-state index in [9.17, 15) is 4.79 Å². The Morgan fingerprint density at radius 3 is 3.00 bits per heavy atom. The predicted octanol–water partition coefficient (Wildman–Crippen LogP) is 1.05. The number of carbonyl (C=O) groups excluding carboxylic acids is 1. The molecule has 1 aliphatic carbocycles. The van der Waals surface area contributed by atoms with E-state index in [0.29, 0.717) is 12.5 Å². The van der Waals surface area contributed by atoms with Crippen molar-refractivity contribution in [1.29, 1.82) is 0 Å². The van der Waals surface area contributed by atoms with E-state index in [0.717, 1.165) is 23.5 Å². The number of carbonyl (C=O) groups is 1. The van der Waals surface area contributed by atoms with Gasteiger partial charge in [0.25, 0.3) is 0 Å². The standard InChI is InChI=1S/C14H18N6O/c1-10-2-5-12(20-9-16-18-19-20)8-13(10)17-14(21)6-7-15-11-3-4-11/h2,5,8-9,11,15H,3-4,6-7H2,1H3,(H,17,21). The Morgan fingerprint density at radius 2 is 2.29 bits per heavy atom. The van der Waals surface area contributed by atoms with Crippen LogP contribution in [0.5, 0.6) is 0 Å². The molecule has 7 heteroatoms. The van der Waals surface area contributed by atoms with Crippen LogP contribution in [0.1, 0.15) is 24.8 Å². The first kappa shape index (κ1) is 13.7. The molecule has 1 aromatic heterocycles. The maximum absolute atomic E-state index is 12.0. The van der Waals surface area contributed by atoms with Crippen LogP contribution in [0.15, 0.2) is 24.5 Å². The van der Waals surface area contributed by atoms with Crippen molar-refractivity contribution in [1.82, 2.24) is 25.5 Å². The monoisotopic (exact) mass is 286 g/mol. The fourth-order valence-corrected chi connectivity index (χ4v) is 2.06. The average molecular weight is 286 g/mol. The normalized spacial score (nSPS) is 14.1. The molecule has 1 fully saturated rings. The minimum absolute atomic E-state index is 0.0140. The van der Waals surface area contributed by atoms with Gasteiger partial charge < -0.3 is 10.6 Å². The minimum atomic E-state index is 0.0140. The van der Waals surface area contributed by atoms with E-state index in [2.05, 4.69) is 26.2 Å². The SMILES string of the molecule is Cc1ccc(-n2cnnn2)cc1NC(=O)CCNC1CC1. The zero-order chi connectivity index (χ0) is 14.7. The lowest BCUT2D eigenvalue weighted by molar-refractivity contribution is -0.116. The van der Waals surface area contributed by atoms with Gasteiger partial charge in [-0.05, 0) is 47.9 Å². The van der Waals surface area contributed by atoms with Gasteiger partial charge in [0, 0.05) is 24.7 Å². The van der Waals surface area contributed by atoms with Crippen molar-refractivity contribution in [3.63, 3.8) is 0 Å². The van der Waals surface area contributed by atoms with Gasteiger partial charge in [0.1, 0.15) is 6.33 Å². The van der Waals surface area contributed by atoms with Crippen LogP contribution in [0.3, 0.4) is 0 Å². The molecule has 0 radical (unpaired) electrons. The molecule has 21 heavy (non-hydrogen) atoms. The van der Waals surface area contributed by atoms with Crippen molar-refractivity contribution in [2.45, 2.75) is 32.2 Å². The highest BCUT2D eigenvalue weighted by molar-refractivity contribution is 5.91. The summed E-state index contributed by atoms with van der Waals surface area (Å²) in [6.45, 7) is 2.68. The van der Waals surface area contributed by atoms with Gasteiger partial charge in [0.2, 0.25) is 5.91 Å². The molecule has 1 aromatic carbocycles. The van der Waals surface area contributed by atoms with Crippen LogP contribution >= 0.6 is 0 Å². The molecule has 0 saturated heterocycles. The first-order valence-electron chi connectivity index (χ1n) is 7.09. The Hall–Kier alpha value is -2.28. The molecule has 0 spiro atoms. The second-order valence-electron chi connectivity index (χ2n) is 5.28. The molecule has 7 nitrogen and oxygen atoms in total. The van der Waals surface area contributed by atoms with Crippen molar-refractivity contribution in [2.24, 2.45) is 0 Å². The van der Waals surface area contributed by atoms with Gasteiger partial charge in [0.05, 0.1) is 5.69 Å². The molecule has 1 amide bonds. The van der Waals surface area contributed by atoms with Crippen LogP contribution in [0.4, 0.5) is 5.69 Å². The van der Waals surface area contributed by atoms with Crippen molar-refractivity contribution in [3.05, 3.63) is 30.1 Å². The number of hydrogen-bond acceptors (Lipinski definition) is 5. The zero-order valence-corrected chi connectivity index (χ0v) is 11.9. The third-order valence-corrected chi connectivity index (χ3v) is 3.47. The van der Waals surface area contributed by atoms with Crippen molar-refractivity contribution >= 4 is 11.6 Å². The molecule has 3 rings (SSSR count). The number of amides is 1. The smallest absolute Gasteiger partial charge is 0.225 e. The van der Waals surface area contributed by atoms with Crippen LogP contribution in [-0.4, -0.2) is 38.7 Å². The summed E-state index contributed by atoms with van der Waals surface area (Å²) in [6.07, 6.45) is 4.46. The summed E-state index contributed by atoms with van der Waals surface area (Å²) in [6, 6.07) is 6.35. The largest absolute Gasteiger partial charge is 0.326 e. The molecule has 1 saturated carbocycles. The van der Waals surface area contributed by atoms with E-state index in [1.54, 1.807) is 4.68 Å². The van der Waals surface area contributed by atoms with Gasteiger partial charge in [-0.1, -0.05) is 6.07 Å². The molecule has 2 aromatic rings. The molecule has 1 aliphatic rings. The van der Waals surface area contributed by atoms with Gasteiger partial charge in [0.15, 0.2) is 0 Å². The Kier molecular flexibility index (Phi) is 3.92. The van der Waals surface area contributed by atoms with Crippen LogP contribution in [0, 0.1) is 6.92 Å². The summed E-state index contributed by atoms with van der Waals surface area (Å²) < 4.78 is 1.56. The molecule has 110 valence electrons. The van der Waals surface area contributed by atoms with Crippen LogP contribution < -0.4 is 10.6 Å². The van der Waals surface area contributed by atoms with Gasteiger partial charge >= 0.3 is 0 Å². The molecule has 0 atom stereocenters. The zero-order valence-electron chi connectivity index (χ0n) is 11.9. The summed E-state index contributed by atoms with van der Waals surface area (Å²) >= 11 is 0. The van der Waals surface area contributed by atoms with Crippen molar-refractivity contribution in [3.8, 4) is 5.69 Å². The Labute approximate surface area is 122 Å². The Bertz CT molecular complexity index is 620. The second kappa shape index (κ2) is 6.01. The van der Waals surface area contributed by atoms with Crippen molar-refractivity contribution in [2.75, 3.05) is 11.9 Å². The lowest BCUT2D eigenvalue weighted by Gasteiger charge is -2.10. The maximum atomic E-state index is 12.0. The van der Waals surface area contributed by atoms with Gasteiger partial charge in [-0.3, -0.25) is 4.79 Å². The molecular formula is C14H18N6O. The third kappa shape index (κ3) is 3.63. The first-order valence-corrected chi connectivity index (χ1v) is 7.09. The highest BCUT2D eigenvalue weighted by Gasteiger charge is 2.20. The number of benzene rings is 1. The number of aryl methyl sites for hydroxylation is 1. The topological polar surface area (TPSA) is 84.7 Å². The molecule has 0 unspecified atom stereocenters. The number of nitrogens with one attached hydrogen (secondary N) is 2. The summed E-state index contributed by atoms with van der Waals surface area (Å²) in [5.74, 6) is 0.0140. The Morgan fingerprint density at radius 1 is 1.43 bits per heavy atom. The highest BCUT2D eigenvalue weighted by Crippen LogP contribution is 2.20. The number of anilines is 1. The Balaban J connectivity index is 1.63. The third-order valence-electron chi connectivity index (χ3n) is 3.47. The second-order valence-corrected chi connectivity index (χ2v) is 5.28. The maximum Gasteiger partial charge on any atom is 0.225 e. The molecule has 0 aliphatic heterocycles. The summed E-state index contributed by atoms with van der Waals surface area (Å²) in [5, 5.41) is 17.3. The van der Waals surface area contributed by atoms with Gasteiger partial charge in [-0.2, -0.15) is 0 Å². The fraction of sp³-hybridized carbons (Fsp3) is 0.429. The summed E-state index contributed by atoms with van der Waals surface area (Å²) in [5.41, 5.74) is 2.62. The lowest BCUT2D eigenvalue weighted by Crippen LogP contribution is -2.23. The number of nitrogens with zero attached hydrogens (tertiary/aromatic N) is 4. The van der Waals surface area contributed by atoms with Crippen molar-refractivity contribution < 1.29 is 4.79 Å². The molecule has 0 bridgehead atoms. The average Bonchev–Trinajstić information content (AvgIpc) is 3.13. The predicted molar refractivity (Wildman–Crippen MR) is 78.2 cm³/mol.